The smallest absolute Gasteiger partial charge is 0.427 e. The molecule has 0 bridgehead atoms. The van der Waals surface area contributed by atoms with Gasteiger partial charge in [-0.15, -0.1) is 0 Å². The third-order valence-electron chi connectivity index (χ3n) is 4.34. The van der Waals surface area contributed by atoms with E-state index >= 15 is 0 Å². The summed E-state index contributed by atoms with van der Waals surface area (Å²) in [5.74, 6) is -0.802. The van der Waals surface area contributed by atoms with Crippen LogP contribution in [-0.2, 0) is 13.9 Å². The van der Waals surface area contributed by atoms with E-state index in [0.29, 0.717) is 6.61 Å². The molecule has 0 aromatic heterocycles. The van der Waals surface area contributed by atoms with Crippen LogP contribution in [-0.4, -0.2) is 38.0 Å². The summed E-state index contributed by atoms with van der Waals surface area (Å²) in [6.45, 7) is 16.0. The summed E-state index contributed by atoms with van der Waals surface area (Å²) < 4.78 is 17.8. The minimum atomic E-state index is -2.16. The first-order valence-electron chi connectivity index (χ1n) is 7.55. The van der Waals surface area contributed by atoms with Crippen LogP contribution in [0.3, 0.4) is 0 Å². The lowest BCUT2D eigenvalue weighted by Gasteiger charge is -2.38. The molecule has 0 spiro atoms. The zero-order chi connectivity index (χ0) is 17.3. The van der Waals surface area contributed by atoms with Gasteiger partial charge in [0.05, 0.1) is 6.61 Å². The Hall–Kier alpha value is -0.943. The molecule has 22 heavy (non-hydrogen) atoms. The second kappa shape index (κ2) is 6.28. The quantitative estimate of drug-likeness (QED) is 0.476. The van der Waals surface area contributed by atoms with Gasteiger partial charge in [0, 0.05) is 6.92 Å². The first-order chi connectivity index (χ1) is 9.81. The predicted octanol–water partition coefficient (Wildman–Crippen LogP) is 4.17. The molecule has 0 aromatic rings. The molecular formula is C15H29N2O4Si+. The molecule has 126 valence electrons. The number of aliphatic hydroxyl groups excluding tert-OH is 1. The van der Waals surface area contributed by atoms with Gasteiger partial charge in [0.2, 0.25) is 5.39 Å². The topological polar surface area (TPSA) is 76.1 Å². The summed E-state index contributed by atoms with van der Waals surface area (Å²) in [6.07, 6.45) is -1.10. The van der Waals surface area contributed by atoms with Crippen molar-refractivity contribution in [1.29, 1.82) is 5.39 Å². The number of diazo groups is 1. The van der Waals surface area contributed by atoms with Crippen molar-refractivity contribution in [3.05, 3.63) is 16.4 Å². The molecule has 0 amide bonds. The van der Waals surface area contributed by atoms with Crippen molar-refractivity contribution in [3.8, 4) is 0 Å². The van der Waals surface area contributed by atoms with Crippen LogP contribution < -0.4 is 0 Å². The minimum Gasteiger partial charge on any atom is -0.505 e. The molecule has 0 saturated carbocycles. The van der Waals surface area contributed by atoms with E-state index in [1.807, 2.05) is 13.8 Å². The lowest BCUT2D eigenvalue weighted by molar-refractivity contribution is -0.147. The van der Waals surface area contributed by atoms with Crippen LogP contribution >= 0.6 is 0 Å². The molecule has 6 nitrogen and oxygen atoms in total. The van der Waals surface area contributed by atoms with Crippen molar-refractivity contribution in [3.63, 3.8) is 0 Å². The molecule has 1 aliphatic rings. The number of ether oxygens (including phenoxy) is 2. The summed E-state index contributed by atoms with van der Waals surface area (Å²) in [5.41, 5.74) is 0.0936. The van der Waals surface area contributed by atoms with E-state index in [2.05, 4.69) is 38.8 Å². The Kier molecular flexibility index (Phi) is 5.45. The number of allylic oxidation sites excluding steroid dienone is 1. The van der Waals surface area contributed by atoms with Gasteiger partial charge in [-0.2, -0.15) is 0 Å². The Balaban J connectivity index is 3.15. The highest BCUT2D eigenvalue weighted by Gasteiger charge is 2.50. The van der Waals surface area contributed by atoms with Crippen LogP contribution in [0.25, 0.3) is 4.98 Å². The summed E-state index contributed by atoms with van der Waals surface area (Å²) in [4.78, 5) is 3.24. The molecule has 0 radical (unpaired) electrons. The van der Waals surface area contributed by atoms with Gasteiger partial charge in [-0.05, 0) is 32.0 Å². The highest BCUT2D eigenvalue weighted by Crippen LogP contribution is 2.40. The number of hydrogen-bond donors (Lipinski definition) is 1. The largest absolute Gasteiger partial charge is 0.505 e. The molecule has 7 heteroatoms. The molecule has 0 aliphatic carbocycles. The van der Waals surface area contributed by atoms with Crippen LogP contribution in [0.2, 0.25) is 18.1 Å². The van der Waals surface area contributed by atoms with Gasteiger partial charge in [0.15, 0.2) is 30.9 Å². The summed E-state index contributed by atoms with van der Waals surface area (Å²) >= 11 is 0. The Morgan fingerprint density at radius 2 is 1.95 bits per heavy atom. The first-order valence-corrected chi connectivity index (χ1v) is 10.5. The van der Waals surface area contributed by atoms with Gasteiger partial charge in [-0.25, -0.2) is 0 Å². The lowest BCUT2D eigenvalue weighted by atomic mass is 10.1. The molecule has 0 unspecified atom stereocenters. The molecule has 0 aromatic carbocycles. The highest BCUT2D eigenvalue weighted by molar-refractivity contribution is 6.74. The van der Waals surface area contributed by atoms with Crippen molar-refractivity contribution in [1.82, 2.24) is 0 Å². The molecule has 1 rings (SSSR count). The molecule has 1 N–H and O–H groups in total. The van der Waals surface area contributed by atoms with E-state index < -0.39 is 26.3 Å². The Morgan fingerprint density at radius 1 is 1.41 bits per heavy atom. The fourth-order valence-electron chi connectivity index (χ4n) is 2.00. The van der Waals surface area contributed by atoms with Crippen LogP contribution in [0.1, 0.15) is 41.5 Å². The second-order valence-corrected chi connectivity index (χ2v) is 12.5. The Bertz CT molecular complexity index is 485. The van der Waals surface area contributed by atoms with Gasteiger partial charge in [0.25, 0.3) is 0 Å². The fraction of sp³-hybridized carbons (Fsp3) is 0.867. The summed E-state index contributed by atoms with van der Waals surface area (Å²) in [5, 5.41) is 19.1. The van der Waals surface area contributed by atoms with Crippen molar-refractivity contribution in [2.24, 2.45) is 0 Å². The minimum absolute atomic E-state index is 0.0237. The second-order valence-electron chi connectivity index (χ2n) is 7.74. The standard InChI is InChI=1S/C15H28N2O4Si/c1-10(18)12(17-16)13(11-9-19-15(5,6)20-11)21-22(7,8)14(2,3)4/h11,13H,9H2,1-8H3/p+1/b12-10+/t11-,13-/m1/s1. The van der Waals surface area contributed by atoms with E-state index in [-0.39, 0.29) is 16.5 Å². The maximum absolute atomic E-state index is 9.84. The SMILES string of the molecule is C/C(O)=C(\[N+]#N)[C@H](O[Si](C)(C)C(C)(C)C)[C@H]1COC(C)(C)O1. The number of aliphatic hydroxyl groups is 1. The van der Waals surface area contributed by atoms with Crippen molar-refractivity contribution >= 4 is 8.32 Å². The van der Waals surface area contributed by atoms with Crippen molar-refractivity contribution in [2.75, 3.05) is 6.61 Å². The molecule has 2 atom stereocenters. The van der Waals surface area contributed by atoms with Gasteiger partial charge in [0.1, 0.15) is 6.10 Å². The van der Waals surface area contributed by atoms with Crippen LogP contribution in [0.5, 0.6) is 0 Å². The van der Waals surface area contributed by atoms with Gasteiger partial charge in [-0.1, -0.05) is 20.8 Å². The van der Waals surface area contributed by atoms with E-state index in [4.69, 9.17) is 13.9 Å². The van der Waals surface area contributed by atoms with E-state index in [9.17, 15) is 10.5 Å². The van der Waals surface area contributed by atoms with Crippen LogP contribution in [0, 0.1) is 5.39 Å². The Labute approximate surface area is 134 Å². The maximum atomic E-state index is 9.84. The molecule has 1 aliphatic heterocycles. The third kappa shape index (κ3) is 4.29. The van der Waals surface area contributed by atoms with Gasteiger partial charge < -0.3 is 19.0 Å². The Morgan fingerprint density at radius 3 is 2.27 bits per heavy atom. The molecule has 1 fully saturated rings. The third-order valence-corrected chi connectivity index (χ3v) is 8.80. The number of nitrogens with zero attached hydrogens (tertiary/aromatic N) is 2. The van der Waals surface area contributed by atoms with Crippen molar-refractivity contribution in [2.45, 2.75) is 77.7 Å². The molecular weight excluding hydrogens is 300 g/mol. The predicted molar refractivity (Wildman–Crippen MR) is 87.4 cm³/mol. The average Bonchev–Trinajstić information content (AvgIpc) is 2.67. The highest BCUT2D eigenvalue weighted by atomic mass is 28.4. The molecule has 1 heterocycles. The average molecular weight is 329 g/mol. The van der Waals surface area contributed by atoms with E-state index in [1.54, 1.807) is 0 Å². The molecule has 1 saturated heterocycles. The lowest BCUT2D eigenvalue weighted by Crippen LogP contribution is -2.48. The van der Waals surface area contributed by atoms with E-state index in [0.717, 1.165) is 0 Å². The maximum Gasteiger partial charge on any atom is 0.427 e. The number of hydrogen-bond acceptors (Lipinski definition) is 5. The van der Waals surface area contributed by atoms with Gasteiger partial charge >= 0.3 is 5.70 Å². The normalized spacial score (nSPS) is 24.6. The van der Waals surface area contributed by atoms with Crippen LogP contribution in [0.4, 0.5) is 0 Å². The zero-order valence-corrected chi connectivity index (χ0v) is 15.9. The van der Waals surface area contributed by atoms with E-state index in [1.165, 1.54) is 6.92 Å². The summed E-state index contributed by atoms with van der Waals surface area (Å²) in [7, 11) is -2.16. The van der Waals surface area contributed by atoms with Crippen molar-refractivity contribution < 1.29 is 19.0 Å². The van der Waals surface area contributed by atoms with Gasteiger partial charge in [-0.3, -0.25) is 0 Å². The summed E-state index contributed by atoms with van der Waals surface area (Å²) in [6, 6.07) is 0. The zero-order valence-electron chi connectivity index (χ0n) is 14.9. The first kappa shape index (κ1) is 19.1. The fourth-order valence-corrected chi connectivity index (χ4v) is 3.25. The van der Waals surface area contributed by atoms with Crippen LogP contribution in [0.15, 0.2) is 11.5 Å². The monoisotopic (exact) mass is 329 g/mol. The number of rotatable bonds is 4.